The maximum Gasteiger partial charge on any atom is 0.211 e. The largest absolute Gasteiger partial charge is 0.316 e. The highest BCUT2D eigenvalue weighted by molar-refractivity contribution is 7.99. The fraction of sp³-hybridized carbons (Fsp3) is 1.00. The van der Waals surface area contributed by atoms with Crippen LogP contribution in [0.25, 0.3) is 0 Å². The van der Waals surface area contributed by atoms with Gasteiger partial charge >= 0.3 is 0 Å². The zero-order valence-corrected chi connectivity index (χ0v) is 11.1. The molecule has 0 aromatic rings. The van der Waals surface area contributed by atoms with Crippen LogP contribution in [0.5, 0.6) is 0 Å². The van der Waals surface area contributed by atoms with Crippen molar-refractivity contribution in [3.8, 4) is 0 Å². The first kappa shape index (κ1) is 12.7. The minimum atomic E-state index is -3.04. The van der Waals surface area contributed by atoms with Crippen LogP contribution in [-0.4, -0.2) is 44.8 Å². The van der Waals surface area contributed by atoms with Crippen LogP contribution in [0, 0.1) is 5.92 Å². The Kier molecular flexibility index (Phi) is 4.52. The Morgan fingerprint density at radius 3 is 2.88 bits per heavy atom. The van der Waals surface area contributed by atoms with Crippen LogP contribution in [0.15, 0.2) is 0 Å². The number of thioether (sulfide) groups is 1. The summed E-state index contributed by atoms with van der Waals surface area (Å²) < 4.78 is 26.4. The Labute approximate surface area is 102 Å². The van der Waals surface area contributed by atoms with E-state index in [-0.39, 0.29) is 6.04 Å². The predicted molar refractivity (Wildman–Crippen MR) is 68.2 cm³/mol. The highest BCUT2D eigenvalue weighted by atomic mass is 32.2. The van der Waals surface area contributed by atoms with E-state index in [9.17, 15) is 8.42 Å². The van der Waals surface area contributed by atoms with E-state index in [0.29, 0.717) is 11.7 Å². The third-order valence-corrected chi connectivity index (χ3v) is 5.86. The molecular weight excluding hydrogens is 244 g/mol. The van der Waals surface area contributed by atoms with Gasteiger partial charge in [-0.15, -0.1) is 0 Å². The lowest BCUT2D eigenvalue weighted by Gasteiger charge is -2.13. The van der Waals surface area contributed by atoms with E-state index >= 15 is 0 Å². The summed E-state index contributed by atoms with van der Waals surface area (Å²) >= 11 is 1.83. The van der Waals surface area contributed by atoms with Gasteiger partial charge in [0, 0.05) is 11.8 Å². The summed E-state index contributed by atoms with van der Waals surface area (Å²) in [6, 6.07) is 0.178. The lowest BCUT2D eigenvalue weighted by atomic mass is 10.1. The molecule has 0 aliphatic carbocycles. The molecule has 2 N–H and O–H groups in total. The van der Waals surface area contributed by atoms with Gasteiger partial charge in [-0.05, 0) is 44.0 Å². The molecular formula is C10H20N2O2S2. The van der Waals surface area contributed by atoms with Crippen molar-refractivity contribution in [1.82, 2.24) is 10.0 Å². The predicted octanol–water partition coefficient (Wildman–Crippen LogP) is 0.411. The molecule has 0 radical (unpaired) electrons. The van der Waals surface area contributed by atoms with Gasteiger partial charge in [0.1, 0.15) is 0 Å². The van der Waals surface area contributed by atoms with Crippen LogP contribution in [0.3, 0.4) is 0 Å². The zero-order chi connectivity index (χ0) is 11.4. The molecule has 0 spiro atoms. The van der Waals surface area contributed by atoms with Gasteiger partial charge in [0.25, 0.3) is 0 Å². The van der Waals surface area contributed by atoms with Crippen LogP contribution in [-0.2, 0) is 10.0 Å². The van der Waals surface area contributed by atoms with E-state index in [1.807, 2.05) is 11.8 Å². The lowest BCUT2D eigenvalue weighted by Crippen LogP contribution is -2.36. The molecule has 0 aromatic heterocycles. The van der Waals surface area contributed by atoms with E-state index in [0.717, 1.165) is 43.9 Å². The highest BCUT2D eigenvalue weighted by Crippen LogP contribution is 2.18. The van der Waals surface area contributed by atoms with Crippen molar-refractivity contribution in [2.45, 2.75) is 25.3 Å². The molecule has 0 bridgehead atoms. The maximum absolute atomic E-state index is 11.8. The van der Waals surface area contributed by atoms with Gasteiger partial charge in [-0.1, -0.05) is 0 Å². The van der Waals surface area contributed by atoms with Gasteiger partial charge in [-0.3, -0.25) is 0 Å². The number of rotatable bonds is 5. The summed E-state index contributed by atoms with van der Waals surface area (Å²) in [6.45, 7) is 2.02. The van der Waals surface area contributed by atoms with Gasteiger partial charge < -0.3 is 5.32 Å². The highest BCUT2D eigenvalue weighted by Gasteiger charge is 2.23. The summed E-state index contributed by atoms with van der Waals surface area (Å²) in [4.78, 5) is 0. The van der Waals surface area contributed by atoms with Crippen molar-refractivity contribution in [2.75, 3.05) is 30.3 Å². The Morgan fingerprint density at radius 2 is 2.25 bits per heavy atom. The maximum atomic E-state index is 11.8. The Balaban J connectivity index is 1.73. The van der Waals surface area contributed by atoms with Crippen molar-refractivity contribution in [1.29, 1.82) is 0 Å². The van der Waals surface area contributed by atoms with E-state index < -0.39 is 10.0 Å². The van der Waals surface area contributed by atoms with Crippen molar-refractivity contribution < 1.29 is 8.42 Å². The second kappa shape index (κ2) is 5.71. The standard InChI is InChI=1S/C10H20N2O2S2/c13-16(14,12-10-2-5-15-8-10)6-3-9-1-4-11-7-9/h9-12H,1-8H2. The van der Waals surface area contributed by atoms with Crippen LogP contribution >= 0.6 is 11.8 Å². The smallest absolute Gasteiger partial charge is 0.211 e. The molecule has 94 valence electrons. The molecule has 16 heavy (non-hydrogen) atoms. The fourth-order valence-corrected chi connectivity index (χ4v) is 4.95. The summed E-state index contributed by atoms with van der Waals surface area (Å²) in [5, 5.41) is 3.26. The second-order valence-corrected chi connectivity index (χ2v) is 7.67. The summed E-state index contributed by atoms with van der Waals surface area (Å²) in [5.74, 6) is 2.86. The topological polar surface area (TPSA) is 58.2 Å². The molecule has 2 aliphatic rings. The third kappa shape index (κ3) is 3.91. The second-order valence-electron chi connectivity index (χ2n) is 4.64. The van der Waals surface area contributed by atoms with Crippen molar-refractivity contribution in [3.63, 3.8) is 0 Å². The average Bonchev–Trinajstić information content (AvgIpc) is 2.85. The molecule has 2 rings (SSSR count). The average molecular weight is 264 g/mol. The quantitative estimate of drug-likeness (QED) is 0.755. The van der Waals surface area contributed by atoms with Crippen molar-refractivity contribution in [3.05, 3.63) is 0 Å². The molecule has 2 atom stereocenters. The van der Waals surface area contributed by atoms with Crippen molar-refractivity contribution in [2.24, 2.45) is 5.92 Å². The first-order valence-corrected chi connectivity index (χ1v) is 8.75. The summed E-state index contributed by atoms with van der Waals surface area (Å²) in [5.41, 5.74) is 0. The molecule has 2 fully saturated rings. The van der Waals surface area contributed by atoms with Crippen LogP contribution in [0.2, 0.25) is 0 Å². The molecule has 4 nitrogen and oxygen atoms in total. The number of nitrogens with one attached hydrogen (secondary N) is 2. The molecule has 2 saturated heterocycles. The van der Waals surface area contributed by atoms with Gasteiger partial charge in [-0.25, -0.2) is 13.1 Å². The molecule has 6 heteroatoms. The SMILES string of the molecule is O=S(=O)(CCC1CCNC1)NC1CCSC1. The van der Waals surface area contributed by atoms with Gasteiger partial charge in [-0.2, -0.15) is 11.8 Å². The lowest BCUT2D eigenvalue weighted by molar-refractivity contribution is 0.531. The van der Waals surface area contributed by atoms with Gasteiger partial charge in [0.15, 0.2) is 0 Å². The third-order valence-electron chi connectivity index (χ3n) is 3.23. The molecule has 2 unspecified atom stereocenters. The minimum Gasteiger partial charge on any atom is -0.316 e. The summed E-state index contributed by atoms with van der Waals surface area (Å²) in [7, 11) is -3.04. The molecule has 0 aromatic carbocycles. The first-order chi connectivity index (χ1) is 7.66. The summed E-state index contributed by atoms with van der Waals surface area (Å²) in [6.07, 6.45) is 2.89. The van der Waals surface area contributed by atoms with E-state index in [1.165, 1.54) is 0 Å². The number of hydrogen-bond acceptors (Lipinski definition) is 4. The number of hydrogen-bond donors (Lipinski definition) is 2. The van der Waals surface area contributed by atoms with E-state index in [2.05, 4.69) is 10.0 Å². The number of sulfonamides is 1. The normalized spacial score (nSPS) is 31.0. The van der Waals surface area contributed by atoms with Gasteiger partial charge in [0.05, 0.1) is 5.75 Å². The monoisotopic (exact) mass is 264 g/mol. The zero-order valence-electron chi connectivity index (χ0n) is 9.44. The molecule has 0 saturated carbocycles. The van der Waals surface area contributed by atoms with E-state index in [4.69, 9.17) is 0 Å². The van der Waals surface area contributed by atoms with E-state index in [1.54, 1.807) is 0 Å². The molecule has 2 heterocycles. The Bertz CT molecular complexity index is 307. The first-order valence-electron chi connectivity index (χ1n) is 5.94. The van der Waals surface area contributed by atoms with Crippen molar-refractivity contribution >= 4 is 21.8 Å². The molecule has 0 amide bonds. The fourth-order valence-electron chi connectivity index (χ4n) is 2.22. The van der Waals surface area contributed by atoms with Gasteiger partial charge in [0.2, 0.25) is 10.0 Å². The van der Waals surface area contributed by atoms with Crippen LogP contribution < -0.4 is 10.0 Å². The Morgan fingerprint density at radius 1 is 1.38 bits per heavy atom. The van der Waals surface area contributed by atoms with Crippen LogP contribution in [0.1, 0.15) is 19.3 Å². The molecule has 2 aliphatic heterocycles. The van der Waals surface area contributed by atoms with Crippen LogP contribution in [0.4, 0.5) is 0 Å². The Hall–Kier alpha value is 0.220. The minimum absolute atomic E-state index is 0.178.